The fraction of sp³-hybridized carbons (Fsp3) is 0.400. The lowest BCUT2D eigenvalue weighted by Crippen LogP contribution is -2.23. The van der Waals surface area contributed by atoms with Gasteiger partial charge in [0.15, 0.2) is 5.75 Å². The Morgan fingerprint density at radius 3 is 2.62 bits per heavy atom. The number of methoxy groups -OCH3 is 1. The molecule has 0 aliphatic rings. The highest BCUT2D eigenvalue weighted by Crippen LogP contribution is 2.34. The molecule has 0 bridgehead atoms. The van der Waals surface area contributed by atoms with Gasteiger partial charge in [0.05, 0.1) is 19.3 Å². The molecular weight excluding hydrogens is 293 g/mol. The SMILES string of the molecule is CNC(c1ccc(F)cc1Cl)c1c(OC)cnn1C(C)C. The van der Waals surface area contributed by atoms with Gasteiger partial charge in [-0.25, -0.2) is 4.39 Å². The first kappa shape index (κ1) is 15.8. The Labute approximate surface area is 128 Å². The number of hydrogen-bond acceptors (Lipinski definition) is 3. The van der Waals surface area contributed by atoms with Crippen LogP contribution in [-0.2, 0) is 0 Å². The highest BCUT2D eigenvalue weighted by atomic mass is 35.5. The minimum Gasteiger partial charge on any atom is -0.493 e. The van der Waals surface area contributed by atoms with E-state index in [4.69, 9.17) is 16.3 Å². The molecule has 114 valence electrons. The first-order chi connectivity index (χ1) is 9.99. The van der Waals surface area contributed by atoms with Gasteiger partial charge in [0, 0.05) is 11.1 Å². The smallest absolute Gasteiger partial charge is 0.161 e. The number of hydrogen-bond donors (Lipinski definition) is 1. The molecule has 1 aromatic heterocycles. The van der Waals surface area contributed by atoms with Crippen molar-refractivity contribution in [1.29, 1.82) is 0 Å². The molecule has 1 unspecified atom stereocenters. The first-order valence-corrected chi connectivity index (χ1v) is 7.11. The molecule has 2 rings (SSSR count). The fourth-order valence-electron chi connectivity index (χ4n) is 2.37. The standard InChI is InChI=1S/C15H19ClFN3O/c1-9(2)20-15(13(21-4)8-19-20)14(18-3)11-6-5-10(17)7-12(11)16/h5-9,14,18H,1-4H3. The lowest BCUT2D eigenvalue weighted by molar-refractivity contribution is 0.396. The normalized spacial score (nSPS) is 12.7. The summed E-state index contributed by atoms with van der Waals surface area (Å²) in [5.74, 6) is 0.311. The van der Waals surface area contributed by atoms with Gasteiger partial charge >= 0.3 is 0 Å². The molecule has 21 heavy (non-hydrogen) atoms. The zero-order valence-corrected chi connectivity index (χ0v) is 13.3. The first-order valence-electron chi connectivity index (χ1n) is 6.73. The van der Waals surface area contributed by atoms with Gasteiger partial charge < -0.3 is 10.1 Å². The third-order valence-corrected chi connectivity index (χ3v) is 3.67. The molecule has 0 saturated carbocycles. The quantitative estimate of drug-likeness (QED) is 0.917. The highest BCUT2D eigenvalue weighted by Gasteiger charge is 2.25. The molecule has 0 aliphatic carbocycles. The summed E-state index contributed by atoms with van der Waals surface area (Å²) in [7, 11) is 3.42. The Balaban J connectivity index is 2.58. The molecular formula is C15H19ClFN3O. The van der Waals surface area contributed by atoms with E-state index in [1.54, 1.807) is 19.4 Å². The van der Waals surface area contributed by atoms with E-state index in [0.717, 1.165) is 11.3 Å². The summed E-state index contributed by atoms with van der Waals surface area (Å²) in [5, 5.41) is 7.93. The van der Waals surface area contributed by atoms with Crippen LogP contribution in [0.3, 0.4) is 0 Å². The Morgan fingerprint density at radius 2 is 2.10 bits per heavy atom. The van der Waals surface area contributed by atoms with E-state index in [2.05, 4.69) is 10.4 Å². The largest absolute Gasteiger partial charge is 0.493 e. The van der Waals surface area contributed by atoms with Crippen molar-refractivity contribution < 1.29 is 9.13 Å². The molecule has 0 saturated heterocycles. The van der Waals surface area contributed by atoms with Crippen LogP contribution in [0.2, 0.25) is 5.02 Å². The van der Waals surface area contributed by atoms with Gasteiger partial charge in [0.1, 0.15) is 11.5 Å². The Bertz CT molecular complexity index is 627. The number of aromatic nitrogens is 2. The summed E-state index contributed by atoms with van der Waals surface area (Å²) < 4.78 is 20.5. The summed E-state index contributed by atoms with van der Waals surface area (Å²) in [6, 6.07) is 4.31. The minimum absolute atomic E-state index is 0.166. The Morgan fingerprint density at radius 1 is 1.38 bits per heavy atom. The van der Waals surface area contributed by atoms with Gasteiger partial charge in [-0.05, 0) is 38.6 Å². The van der Waals surface area contributed by atoms with E-state index in [1.807, 2.05) is 25.6 Å². The van der Waals surface area contributed by atoms with Crippen LogP contribution in [0.5, 0.6) is 5.75 Å². The Hall–Kier alpha value is -1.59. The summed E-state index contributed by atoms with van der Waals surface area (Å²) in [6.45, 7) is 4.07. The Kier molecular flexibility index (Phi) is 4.85. The van der Waals surface area contributed by atoms with Crippen LogP contribution in [0, 0.1) is 5.82 Å². The number of rotatable bonds is 5. The molecule has 1 atom stereocenters. The number of nitrogens with one attached hydrogen (secondary N) is 1. The number of halogens is 2. The predicted molar refractivity (Wildman–Crippen MR) is 81.5 cm³/mol. The van der Waals surface area contributed by atoms with Gasteiger partial charge in [-0.3, -0.25) is 4.68 Å². The fourth-order valence-corrected chi connectivity index (χ4v) is 2.65. The van der Waals surface area contributed by atoms with Crippen LogP contribution in [0.4, 0.5) is 4.39 Å². The molecule has 1 aromatic carbocycles. The minimum atomic E-state index is -0.358. The number of benzene rings is 1. The monoisotopic (exact) mass is 311 g/mol. The van der Waals surface area contributed by atoms with Crippen LogP contribution in [0.15, 0.2) is 24.4 Å². The molecule has 0 spiro atoms. The van der Waals surface area contributed by atoms with Crippen LogP contribution < -0.4 is 10.1 Å². The van der Waals surface area contributed by atoms with Crippen LogP contribution >= 0.6 is 11.6 Å². The van der Waals surface area contributed by atoms with Crippen molar-refractivity contribution in [2.24, 2.45) is 0 Å². The van der Waals surface area contributed by atoms with E-state index < -0.39 is 0 Å². The van der Waals surface area contributed by atoms with Crippen LogP contribution in [-0.4, -0.2) is 23.9 Å². The number of nitrogens with zero attached hydrogens (tertiary/aromatic N) is 2. The van der Waals surface area contributed by atoms with E-state index in [-0.39, 0.29) is 17.9 Å². The van der Waals surface area contributed by atoms with Crippen molar-refractivity contribution >= 4 is 11.6 Å². The average Bonchev–Trinajstić information content (AvgIpc) is 2.86. The summed E-state index contributed by atoms with van der Waals surface area (Å²) in [6.07, 6.45) is 1.68. The van der Waals surface area contributed by atoms with E-state index in [0.29, 0.717) is 10.8 Å². The zero-order valence-electron chi connectivity index (χ0n) is 12.5. The van der Waals surface area contributed by atoms with Crippen molar-refractivity contribution in [2.75, 3.05) is 14.2 Å². The molecule has 2 aromatic rings. The molecule has 6 heteroatoms. The van der Waals surface area contributed by atoms with E-state index >= 15 is 0 Å². The van der Waals surface area contributed by atoms with Gasteiger partial charge in [-0.2, -0.15) is 5.10 Å². The van der Waals surface area contributed by atoms with Crippen molar-refractivity contribution in [1.82, 2.24) is 15.1 Å². The summed E-state index contributed by atoms with van der Waals surface area (Å²) >= 11 is 6.20. The molecule has 4 nitrogen and oxygen atoms in total. The van der Waals surface area contributed by atoms with Crippen molar-refractivity contribution in [3.63, 3.8) is 0 Å². The highest BCUT2D eigenvalue weighted by molar-refractivity contribution is 6.31. The average molecular weight is 312 g/mol. The molecule has 1 N–H and O–H groups in total. The lowest BCUT2D eigenvalue weighted by atomic mass is 10.0. The van der Waals surface area contributed by atoms with Gasteiger partial charge in [-0.1, -0.05) is 17.7 Å². The predicted octanol–water partition coefficient (Wildman–Crippen LogP) is 3.57. The second kappa shape index (κ2) is 6.45. The van der Waals surface area contributed by atoms with E-state index in [1.165, 1.54) is 12.1 Å². The third kappa shape index (κ3) is 3.04. The third-order valence-electron chi connectivity index (χ3n) is 3.34. The topological polar surface area (TPSA) is 39.1 Å². The van der Waals surface area contributed by atoms with Crippen LogP contribution in [0.25, 0.3) is 0 Å². The lowest BCUT2D eigenvalue weighted by Gasteiger charge is -2.22. The molecule has 0 fully saturated rings. The van der Waals surface area contributed by atoms with Crippen molar-refractivity contribution in [3.8, 4) is 5.75 Å². The second-order valence-corrected chi connectivity index (χ2v) is 5.43. The maximum absolute atomic E-state index is 13.3. The maximum atomic E-state index is 13.3. The second-order valence-electron chi connectivity index (χ2n) is 5.02. The molecule has 0 radical (unpaired) electrons. The van der Waals surface area contributed by atoms with Gasteiger partial charge in [-0.15, -0.1) is 0 Å². The van der Waals surface area contributed by atoms with E-state index in [9.17, 15) is 4.39 Å². The van der Waals surface area contributed by atoms with Crippen molar-refractivity contribution in [3.05, 3.63) is 46.5 Å². The zero-order chi connectivity index (χ0) is 15.6. The number of ether oxygens (including phenoxy) is 1. The summed E-state index contributed by atoms with van der Waals surface area (Å²) in [4.78, 5) is 0. The van der Waals surface area contributed by atoms with Crippen molar-refractivity contribution in [2.45, 2.75) is 25.9 Å². The maximum Gasteiger partial charge on any atom is 0.161 e. The molecule has 1 heterocycles. The van der Waals surface area contributed by atoms with Gasteiger partial charge in [0.2, 0.25) is 0 Å². The summed E-state index contributed by atoms with van der Waals surface area (Å²) in [5.41, 5.74) is 1.64. The van der Waals surface area contributed by atoms with Crippen LogP contribution in [0.1, 0.15) is 37.2 Å². The van der Waals surface area contributed by atoms with Gasteiger partial charge in [0.25, 0.3) is 0 Å². The molecule has 0 amide bonds. The molecule has 0 aliphatic heterocycles.